The molecular weight excluding hydrogens is 169 g/mol. The molecule has 0 aliphatic rings. The first-order chi connectivity index (χ1) is 6.69. The van der Waals surface area contributed by atoms with Crippen molar-refractivity contribution in [2.75, 3.05) is 19.0 Å². The van der Waals surface area contributed by atoms with Crippen molar-refractivity contribution in [2.45, 2.75) is 26.5 Å². The van der Waals surface area contributed by atoms with Crippen LogP contribution in [0.3, 0.4) is 0 Å². The van der Waals surface area contributed by atoms with E-state index in [9.17, 15) is 0 Å². The first kappa shape index (κ1) is 11.2. The summed E-state index contributed by atoms with van der Waals surface area (Å²) >= 11 is 0. The molecule has 14 heavy (non-hydrogen) atoms. The molecule has 0 atom stereocenters. The van der Waals surface area contributed by atoms with Gasteiger partial charge in [0.05, 0.1) is 0 Å². The fourth-order valence-electron chi connectivity index (χ4n) is 1.82. The van der Waals surface area contributed by atoms with Crippen LogP contribution < -0.4 is 10.4 Å². The van der Waals surface area contributed by atoms with Gasteiger partial charge in [0.25, 0.3) is 0 Å². The van der Waals surface area contributed by atoms with Gasteiger partial charge in [-0.2, -0.15) is 0 Å². The number of benzene rings is 1. The van der Waals surface area contributed by atoms with Crippen molar-refractivity contribution in [3.05, 3.63) is 24.3 Å². The molecule has 76 valence electrons. The minimum atomic E-state index is 0.717. The molecule has 0 aromatic heterocycles. The van der Waals surface area contributed by atoms with Crippen LogP contribution >= 0.6 is 0 Å². The summed E-state index contributed by atoms with van der Waals surface area (Å²) in [6.07, 6.45) is 2.46. The highest BCUT2D eigenvalue weighted by Gasteiger charge is 2.11. The molecule has 0 saturated heterocycles. The van der Waals surface area contributed by atoms with Gasteiger partial charge in [-0.1, -0.05) is 44.1 Å². The van der Waals surface area contributed by atoms with E-state index in [0.29, 0.717) is 0 Å². The van der Waals surface area contributed by atoms with Crippen LogP contribution in [0.2, 0.25) is 12.6 Å². The summed E-state index contributed by atoms with van der Waals surface area (Å²) in [5.41, 5.74) is 2.77. The summed E-state index contributed by atoms with van der Waals surface area (Å²) < 4.78 is 0. The topological polar surface area (TPSA) is 3.24 Å². The van der Waals surface area contributed by atoms with Crippen LogP contribution in [0, 0.1) is 0 Å². The third kappa shape index (κ3) is 2.54. The molecule has 0 spiro atoms. The molecule has 0 heterocycles. The van der Waals surface area contributed by atoms with E-state index >= 15 is 0 Å². The molecule has 0 aliphatic carbocycles. The van der Waals surface area contributed by atoms with E-state index in [0.717, 1.165) is 6.71 Å². The fourth-order valence-corrected chi connectivity index (χ4v) is 1.82. The van der Waals surface area contributed by atoms with Crippen molar-refractivity contribution < 1.29 is 0 Å². The number of hydrogen-bond acceptors (Lipinski definition) is 1. The molecular formula is C12H20BN. The fraction of sp³-hybridized carbons (Fsp3) is 0.500. The van der Waals surface area contributed by atoms with Crippen LogP contribution in [0.15, 0.2) is 24.3 Å². The third-order valence-electron chi connectivity index (χ3n) is 2.84. The molecule has 0 unspecified atom stereocenters. The van der Waals surface area contributed by atoms with Gasteiger partial charge >= 0.3 is 0 Å². The SMILES string of the molecule is CCB(CC)c1cccc(N(C)C)c1. The number of rotatable bonds is 4. The van der Waals surface area contributed by atoms with Crippen molar-refractivity contribution in [3.8, 4) is 0 Å². The second kappa shape index (κ2) is 5.09. The van der Waals surface area contributed by atoms with Gasteiger partial charge in [0, 0.05) is 19.8 Å². The van der Waals surface area contributed by atoms with E-state index in [-0.39, 0.29) is 0 Å². The van der Waals surface area contributed by atoms with E-state index in [1.54, 1.807) is 0 Å². The number of nitrogens with zero attached hydrogens (tertiary/aromatic N) is 1. The monoisotopic (exact) mass is 189 g/mol. The Hall–Kier alpha value is -0.915. The molecule has 1 aromatic carbocycles. The molecule has 0 fully saturated rings. The Morgan fingerprint density at radius 3 is 2.29 bits per heavy atom. The number of hydrogen-bond donors (Lipinski definition) is 0. The van der Waals surface area contributed by atoms with Gasteiger partial charge in [0.15, 0.2) is 6.71 Å². The molecule has 0 N–H and O–H groups in total. The number of anilines is 1. The van der Waals surface area contributed by atoms with Crippen LogP contribution in [0.25, 0.3) is 0 Å². The lowest BCUT2D eigenvalue weighted by atomic mass is 9.41. The highest BCUT2D eigenvalue weighted by Crippen LogP contribution is 2.10. The quantitative estimate of drug-likeness (QED) is 0.657. The van der Waals surface area contributed by atoms with E-state index < -0.39 is 0 Å². The van der Waals surface area contributed by atoms with E-state index in [1.165, 1.54) is 23.8 Å². The first-order valence-electron chi connectivity index (χ1n) is 5.46. The lowest BCUT2D eigenvalue weighted by Crippen LogP contribution is -2.28. The smallest absolute Gasteiger partial charge is 0.175 e. The maximum atomic E-state index is 2.30. The Balaban J connectivity index is 2.92. The summed E-state index contributed by atoms with van der Waals surface area (Å²) in [5.74, 6) is 0. The minimum absolute atomic E-state index is 0.717. The van der Waals surface area contributed by atoms with Crippen molar-refractivity contribution in [2.24, 2.45) is 0 Å². The van der Waals surface area contributed by atoms with Gasteiger partial charge in [0.1, 0.15) is 0 Å². The van der Waals surface area contributed by atoms with E-state index in [1.807, 2.05) is 0 Å². The lowest BCUT2D eigenvalue weighted by Gasteiger charge is -2.16. The van der Waals surface area contributed by atoms with Crippen LogP contribution in [0.1, 0.15) is 13.8 Å². The van der Waals surface area contributed by atoms with E-state index in [2.05, 4.69) is 57.1 Å². The molecule has 0 saturated carbocycles. The van der Waals surface area contributed by atoms with Crippen LogP contribution in [0.5, 0.6) is 0 Å². The average Bonchev–Trinajstić information content (AvgIpc) is 2.20. The standard InChI is InChI=1S/C12H20BN/c1-5-13(6-2)11-8-7-9-12(10-11)14(3)4/h7-10H,5-6H2,1-4H3. The average molecular weight is 189 g/mol. The maximum Gasteiger partial charge on any atom is 0.175 e. The zero-order chi connectivity index (χ0) is 10.6. The Morgan fingerprint density at radius 2 is 1.79 bits per heavy atom. The highest BCUT2D eigenvalue weighted by molar-refractivity contribution is 6.73. The van der Waals surface area contributed by atoms with Crippen LogP contribution in [-0.4, -0.2) is 20.8 Å². The summed E-state index contributed by atoms with van der Waals surface area (Å²) in [6.45, 7) is 5.24. The highest BCUT2D eigenvalue weighted by atomic mass is 15.1. The van der Waals surface area contributed by atoms with Crippen molar-refractivity contribution in [1.29, 1.82) is 0 Å². The Bertz CT molecular complexity index is 279. The summed E-state index contributed by atoms with van der Waals surface area (Å²) in [6, 6.07) is 8.86. The van der Waals surface area contributed by atoms with Gasteiger partial charge in [-0.15, -0.1) is 0 Å². The summed E-state index contributed by atoms with van der Waals surface area (Å²) in [4.78, 5) is 2.16. The second-order valence-corrected chi connectivity index (χ2v) is 4.00. The molecule has 1 nitrogen and oxygen atoms in total. The predicted molar refractivity (Wildman–Crippen MR) is 67.1 cm³/mol. The van der Waals surface area contributed by atoms with Gasteiger partial charge in [-0.25, -0.2) is 0 Å². The molecule has 1 rings (SSSR count). The Labute approximate surface area is 88.2 Å². The van der Waals surface area contributed by atoms with Crippen LogP contribution in [0.4, 0.5) is 5.69 Å². The van der Waals surface area contributed by atoms with Gasteiger partial charge < -0.3 is 4.90 Å². The Kier molecular flexibility index (Phi) is 4.06. The molecule has 0 radical (unpaired) electrons. The van der Waals surface area contributed by atoms with Crippen molar-refractivity contribution in [3.63, 3.8) is 0 Å². The van der Waals surface area contributed by atoms with Crippen molar-refractivity contribution >= 4 is 17.9 Å². The maximum absolute atomic E-state index is 2.30. The van der Waals surface area contributed by atoms with Gasteiger partial charge in [-0.05, 0) is 12.1 Å². The van der Waals surface area contributed by atoms with Gasteiger partial charge in [-0.3, -0.25) is 0 Å². The molecule has 2 heteroatoms. The first-order valence-corrected chi connectivity index (χ1v) is 5.46. The van der Waals surface area contributed by atoms with Crippen LogP contribution in [-0.2, 0) is 0 Å². The van der Waals surface area contributed by atoms with Crippen molar-refractivity contribution in [1.82, 2.24) is 0 Å². The summed E-state index contributed by atoms with van der Waals surface area (Å²) in [5, 5.41) is 0. The normalized spacial score (nSPS) is 10.0. The molecule has 0 aliphatic heterocycles. The molecule has 1 aromatic rings. The zero-order valence-corrected chi connectivity index (χ0v) is 9.75. The lowest BCUT2D eigenvalue weighted by molar-refractivity contribution is 1.13. The summed E-state index contributed by atoms with van der Waals surface area (Å²) in [7, 11) is 4.18. The molecule has 0 bridgehead atoms. The largest absolute Gasteiger partial charge is 0.378 e. The predicted octanol–water partition coefficient (Wildman–Crippen LogP) is 2.49. The Morgan fingerprint density at radius 1 is 1.14 bits per heavy atom. The van der Waals surface area contributed by atoms with Gasteiger partial charge in [0.2, 0.25) is 0 Å². The third-order valence-corrected chi connectivity index (χ3v) is 2.84. The minimum Gasteiger partial charge on any atom is -0.378 e. The van der Waals surface area contributed by atoms with E-state index in [4.69, 9.17) is 0 Å². The second-order valence-electron chi connectivity index (χ2n) is 4.00. The zero-order valence-electron chi connectivity index (χ0n) is 9.75. The molecule has 0 amide bonds.